The summed E-state index contributed by atoms with van der Waals surface area (Å²) >= 11 is 1.32. The highest BCUT2D eigenvalue weighted by Crippen LogP contribution is 2.27. The molecular weight excluding hydrogens is 168 g/mol. The molecule has 0 aromatic heterocycles. The normalized spacial score (nSPS) is 44.7. The number of hydrogen-bond acceptors (Lipinski definition) is 5. The molecule has 0 radical (unpaired) electrons. The van der Waals surface area contributed by atoms with Crippen molar-refractivity contribution in [2.75, 3.05) is 12.9 Å². The molecular formula is C6H12O4S. The van der Waals surface area contributed by atoms with Crippen molar-refractivity contribution in [3.63, 3.8) is 0 Å². The molecule has 0 spiro atoms. The van der Waals surface area contributed by atoms with Crippen molar-refractivity contribution >= 4 is 11.8 Å². The Morgan fingerprint density at radius 2 is 2.00 bits per heavy atom. The Morgan fingerprint density at radius 3 is 2.27 bits per heavy atom. The van der Waals surface area contributed by atoms with Crippen molar-refractivity contribution in [3.8, 4) is 0 Å². The number of thioether (sulfide) groups is 1. The summed E-state index contributed by atoms with van der Waals surface area (Å²) in [5.74, 6) is 0. The molecule has 0 amide bonds. The van der Waals surface area contributed by atoms with Crippen molar-refractivity contribution in [2.24, 2.45) is 0 Å². The van der Waals surface area contributed by atoms with Gasteiger partial charge in [0.25, 0.3) is 0 Å². The summed E-state index contributed by atoms with van der Waals surface area (Å²) in [6.07, 6.45) is -0.706. The van der Waals surface area contributed by atoms with E-state index < -0.39 is 23.7 Å². The van der Waals surface area contributed by atoms with Gasteiger partial charge >= 0.3 is 0 Å². The predicted molar refractivity (Wildman–Crippen MR) is 41.3 cm³/mol. The zero-order valence-electron chi connectivity index (χ0n) is 6.17. The zero-order valence-corrected chi connectivity index (χ0v) is 6.99. The minimum absolute atomic E-state index is 0.255. The topological polar surface area (TPSA) is 69.9 Å². The molecule has 5 heteroatoms. The third-order valence-corrected chi connectivity index (χ3v) is 2.59. The van der Waals surface area contributed by atoms with Crippen LogP contribution in [0.4, 0.5) is 0 Å². The molecule has 1 aliphatic rings. The quantitative estimate of drug-likeness (QED) is 0.497. The lowest BCUT2D eigenvalue weighted by Crippen LogP contribution is -2.33. The Bertz CT molecular complexity index is 114. The number of aliphatic hydroxyl groups is 3. The van der Waals surface area contributed by atoms with Gasteiger partial charge in [-0.3, -0.25) is 0 Å². The molecule has 0 aromatic rings. The van der Waals surface area contributed by atoms with Gasteiger partial charge in [0.2, 0.25) is 0 Å². The molecule has 0 aliphatic carbocycles. The first kappa shape index (κ1) is 9.28. The molecule has 0 bridgehead atoms. The van der Waals surface area contributed by atoms with Crippen LogP contribution in [0.3, 0.4) is 0 Å². The number of rotatable bonds is 2. The minimum atomic E-state index is -0.961. The van der Waals surface area contributed by atoms with Crippen LogP contribution < -0.4 is 0 Å². The van der Waals surface area contributed by atoms with Crippen LogP contribution in [-0.2, 0) is 4.74 Å². The first-order valence-electron chi connectivity index (χ1n) is 3.36. The molecule has 4 unspecified atom stereocenters. The molecule has 1 aliphatic heterocycles. The van der Waals surface area contributed by atoms with Crippen molar-refractivity contribution in [1.82, 2.24) is 0 Å². The Morgan fingerprint density at radius 1 is 1.36 bits per heavy atom. The Kier molecular flexibility index (Phi) is 3.15. The second-order valence-electron chi connectivity index (χ2n) is 2.44. The Hall–Kier alpha value is 0.190. The molecule has 66 valence electrons. The molecule has 4 atom stereocenters. The van der Waals surface area contributed by atoms with E-state index in [0.717, 1.165) is 0 Å². The van der Waals surface area contributed by atoms with Crippen molar-refractivity contribution in [3.05, 3.63) is 0 Å². The van der Waals surface area contributed by atoms with Gasteiger partial charge in [-0.05, 0) is 6.26 Å². The lowest BCUT2D eigenvalue weighted by Gasteiger charge is -2.10. The minimum Gasteiger partial charge on any atom is -0.394 e. The summed E-state index contributed by atoms with van der Waals surface area (Å²) < 4.78 is 5.10. The Balaban J connectivity index is 2.53. The number of hydrogen-bond donors (Lipinski definition) is 3. The molecule has 0 saturated carbocycles. The lowest BCUT2D eigenvalue weighted by molar-refractivity contribution is -0.00805. The van der Waals surface area contributed by atoms with Crippen LogP contribution in [0, 0.1) is 0 Å². The van der Waals surface area contributed by atoms with Crippen LogP contribution >= 0.6 is 11.8 Å². The van der Waals surface area contributed by atoms with E-state index in [4.69, 9.17) is 9.84 Å². The van der Waals surface area contributed by atoms with E-state index in [0.29, 0.717) is 0 Å². The summed E-state index contributed by atoms with van der Waals surface area (Å²) in [7, 11) is 0. The average molecular weight is 180 g/mol. The van der Waals surface area contributed by atoms with Gasteiger partial charge in [0.05, 0.1) is 6.61 Å². The molecule has 3 N–H and O–H groups in total. The summed E-state index contributed by atoms with van der Waals surface area (Å²) in [6, 6.07) is 0. The van der Waals surface area contributed by atoms with E-state index in [2.05, 4.69) is 0 Å². The first-order chi connectivity index (χ1) is 5.20. The van der Waals surface area contributed by atoms with Crippen LogP contribution in [0.5, 0.6) is 0 Å². The van der Waals surface area contributed by atoms with Gasteiger partial charge < -0.3 is 20.1 Å². The van der Waals surface area contributed by atoms with Crippen LogP contribution in [-0.4, -0.2) is 51.9 Å². The van der Waals surface area contributed by atoms with Crippen molar-refractivity contribution in [1.29, 1.82) is 0 Å². The van der Waals surface area contributed by atoms with E-state index in [-0.39, 0.29) is 6.61 Å². The van der Waals surface area contributed by atoms with Crippen LogP contribution in [0.1, 0.15) is 0 Å². The maximum absolute atomic E-state index is 9.25. The van der Waals surface area contributed by atoms with Crippen LogP contribution in [0.2, 0.25) is 0 Å². The molecule has 4 nitrogen and oxygen atoms in total. The van der Waals surface area contributed by atoms with Crippen LogP contribution in [0.15, 0.2) is 0 Å². The summed E-state index contributed by atoms with van der Waals surface area (Å²) in [5, 5.41) is 27.1. The van der Waals surface area contributed by atoms with E-state index in [1.165, 1.54) is 11.8 Å². The number of ether oxygens (including phenoxy) is 1. The van der Waals surface area contributed by atoms with E-state index in [1.54, 1.807) is 6.26 Å². The van der Waals surface area contributed by atoms with Crippen molar-refractivity contribution in [2.45, 2.75) is 23.7 Å². The van der Waals surface area contributed by atoms with Gasteiger partial charge in [-0.15, -0.1) is 11.8 Å². The average Bonchev–Trinajstić information content (AvgIpc) is 2.30. The van der Waals surface area contributed by atoms with Gasteiger partial charge in [-0.2, -0.15) is 0 Å². The fourth-order valence-corrected chi connectivity index (χ4v) is 1.75. The lowest BCUT2D eigenvalue weighted by atomic mass is 10.2. The molecule has 1 rings (SSSR count). The molecule has 1 fully saturated rings. The largest absolute Gasteiger partial charge is 0.394 e. The maximum Gasteiger partial charge on any atom is 0.132 e. The monoisotopic (exact) mass is 180 g/mol. The third kappa shape index (κ3) is 1.68. The first-order valence-corrected chi connectivity index (χ1v) is 4.64. The highest BCUT2D eigenvalue weighted by molar-refractivity contribution is 7.99. The fraction of sp³-hybridized carbons (Fsp3) is 1.00. The second kappa shape index (κ2) is 3.73. The molecule has 1 heterocycles. The zero-order chi connectivity index (χ0) is 8.43. The summed E-state index contributed by atoms with van der Waals surface area (Å²) in [6.45, 7) is -0.255. The highest BCUT2D eigenvalue weighted by atomic mass is 32.2. The third-order valence-electron chi connectivity index (χ3n) is 1.73. The van der Waals surface area contributed by atoms with Gasteiger partial charge in [-0.25, -0.2) is 0 Å². The van der Waals surface area contributed by atoms with Crippen LogP contribution in [0.25, 0.3) is 0 Å². The number of aliphatic hydroxyl groups excluding tert-OH is 3. The van der Waals surface area contributed by atoms with Gasteiger partial charge in [0, 0.05) is 0 Å². The fourth-order valence-electron chi connectivity index (χ4n) is 1.06. The SMILES string of the molecule is CSC1OC(CO)C(O)C1O. The second-order valence-corrected chi connectivity index (χ2v) is 3.38. The maximum atomic E-state index is 9.25. The molecule has 1 saturated heterocycles. The van der Waals surface area contributed by atoms with E-state index >= 15 is 0 Å². The van der Waals surface area contributed by atoms with E-state index in [1.807, 2.05) is 0 Å². The predicted octanol–water partition coefficient (Wildman–Crippen LogP) is -1.21. The smallest absolute Gasteiger partial charge is 0.132 e. The molecule has 0 aromatic carbocycles. The highest BCUT2D eigenvalue weighted by Gasteiger charge is 2.41. The van der Waals surface area contributed by atoms with Gasteiger partial charge in [0.1, 0.15) is 23.7 Å². The summed E-state index contributed by atoms with van der Waals surface area (Å²) in [5.41, 5.74) is -0.415. The van der Waals surface area contributed by atoms with Gasteiger partial charge in [-0.1, -0.05) is 0 Å². The van der Waals surface area contributed by atoms with Crippen molar-refractivity contribution < 1.29 is 20.1 Å². The van der Waals surface area contributed by atoms with E-state index in [9.17, 15) is 10.2 Å². The van der Waals surface area contributed by atoms with Gasteiger partial charge in [0.15, 0.2) is 0 Å². The standard InChI is InChI=1S/C6H12O4S/c1-11-6-5(9)4(8)3(2-7)10-6/h3-9H,2H2,1H3. The Labute approximate surface area is 69.2 Å². The molecule has 11 heavy (non-hydrogen) atoms. The summed E-state index contributed by atoms with van der Waals surface area (Å²) in [4.78, 5) is 0.